The van der Waals surface area contributed by atoms with Gasteiger partial charge in [0.1, 0.15) is 6.54 Å². The van der Waals surface area contributed by atoms with Crippen molar-refractivity contribution in [1.29, 1.82) is 0 Å². The summed E-state index contributed by atoms with van der Waals surface area (Å²) in [6.07, 6.45) is 2.92. The van der Waals surface area contributed by atoms with Crippen molar-refractivity contribution in [3.63, 3.8) is 0 Å². The van der Waals surface area contributed by atoms with Gasteiger partial charge >= 0.3 is 6.03 Å². The second-order valence-corrected chi connectivity index (χ2v) is 8.73. The van der Waals surface area contributed by atoms with Gasteiger partial charge in [0.25, 0.3) is 0 Å². The lowest BCUT2D eigenvalue weighted by atomic mass is 10.1. The Bertz CT molecular complexity index is 872. The van der Waals surface area contributed by atoms with Crippen molar-refractivity contribution in [2.75, 3.05) is 20.6 Å². The van der Waals surface area contributed by atoms with E-state index in [-0.39, 0.29) is 30.6 Å². The number of aromatic nitrogens is 1. The minimum atomic E-state index is -0.143. The van der Waals surface area contributed by atoms with Crippen LogP contribution in [0.3, 0.4) is 0 Å². The molecule has 1 aromatic carbocycles. The quantitative estimate of drug-likeness (QED) is 0.598. The van der Waals surface area contributed by atoms with Gasteiger partial charge in [-0.1, -0.05) is 31.2 Å². The molecule has 6 heteroatoms. The number of hydrogen-bond acceptors (Lipinski definition) is 2. The van der Waals surface area contributed by atoms with Crippen molar-refractivity contribution in [2.24, 2.45) is 0 Å². The summed E-state index contributed by atoms with van der Waals surface area (Å²) < 4.78 is 2.20. The second kappa shape index (κ2) is 11.0. The van der Waals surface area contributed by atoms with Gasteiger partial charge in [0.05, 0.1) is 6.54 Å². The van der Waals surface area contributed by atoms with Crippen LogP contribution >= 0.6 is 0 Å². The molecule has 31 heavy (non-hydrogen) atoms. The van der Waals surface area contributed by atoms with Crippen LogP contribution in [0.2, 0.25) is 0 Å². The first-order valence-electron chi connectivity index (χ1n) is 11.1. The summed E-state index contributed by atoms with van der Waals surface area (Å²) in [5.41, 5.74) is 3.61. The van der Waals surface area contributed by atoms with E-state index in [1.54, 1.807) is 19.0 Å². The number of carbonyl (C=O) groups excluding carboxylic acids is 2. The van der Waals surface area contributed by atoms with Crippen molar-refractivity contribution in [3.8, 4) is 0 Å². The lowest BCUT2D eigenvalue weighted by molar-refractivity contribution is -0.135. The van der Waals surface area contributed by atoms with E-state index in [0.29, 0.717) is 6.54 Å². The summed E-state index contributed by atoms with van der Waals surface area (Å²) in [6, 6.07) is 12.4. The standard InChI is InChI=1S/C25H38N4O2/c1-8-21(5)29(24(30)18-28(19(2)3)25(31)26(6)7)17-23-14-11-15-27(23)16-22-13-10-9-12-20(22)4/h9-15,19,21H,8,16-18H2,1-7H3. The maximum atomic E-state index is 13.3. The molecule has 0 fully saturated rings. The fourth-order valence-electron chi connectivity index (χ4n) is 3.57. The Morgan fingerprint density at radius 2 is 1.68 bits per heavy atom. The zero-order chi connectivity index (χ0) is 23.1. The van der Waals surface area contributed by atoms with Crippen molar-refractivity contribution < 1.29 is 9.59 Å². The van der Waals surface area contributed by atoms with Gasteiger partial charge in [-0.3, -0.25) is 4.79 Å². The minimum absolute atomic E-state index is 0.0260. The van der Waals surface area contributed by atoms with Crippen molar-refractivity contribution in [1.82, 2.24) is 19.3 Å². The van der Waals surface area contributed by atoms with Crippen LogP contribution in [0.5, 0.6) is 0 Å². The molecule has 0 N–H and O–H groups in total. The maximum absolute atomic E-state index is 13.3. The van der Waals surface area contributed by atoms with E-state index in [1.807, 2.05) is 30.9 Å². The van der Waals surface area contributed by atoms with E-state index >= 15 is 0 Å². The molecule has 0 aliphatic rings. The van der Waals surface area contributed by atoms with Crippen LogP contribution in [0.4, 0.5) is 4.79 Å². The van der Waals surface area contributed by atoms with Crippen LogP contribution in [0.15, 0.2) is 42.6 Å². The van der Waals surface area contributed by atoms with Gasteiger partial charge in [-0.05, 0) is 57.4 Å². The highest BCUT2D eigenvalue weighted by molar-refractivity contribution is 5.84. The molecule has 0 radical (unpaired) electrons. The number of rotatable bonds is 9. The number of hydrogen-bond donors (Lipinski definition) is 0. The number of amides is 3. The van der Waals surface area contributed by atoms with Crippen molar-refractivity contribution in [3.05, 3.63) is 59.4 Å². The third kappa shape index (κ3) is 6.36. The second-order valence-electron chi connectivity index (χ2n) is 8.73. The summed E-state index contributed by atoms with van der Waals surface area (Å²) in [4.78, 5) is 31.0. The molecule has 0 bridgehead atoms. The average Bonchev–Trinajstić information content (AvgIpc) is 3.17. The fraction of sp³-hybridized carbons (Fsp3) is 0.520. The molecule has 1 unspecified atom stereocenters. The van der Waals surface area contributed by atoms with Gasteiger partial charge in [0.2, 0.25) is 5.91 Å². The number of urea groups is 1. The van der Waals surface area contributed by atoms with Crippen molar-refractivity contribution in [2.45, 2.75) is 66.2 Å². The first-order chi connectivity index (χ1) is 14.6. The lowest BCUT2D eigenvalue weighted by Crippen LogP contribution is -2.50. The Labute approximate surface area is 187 Å². The topological polar surface area (TPSA) is 48.8 Å². The molecule has 1 aromatic heterocycles. The summed E-state index contributed by atoms with van der Waals surface area (Å²) in [6.45, 7) is 11.5. The Hall–Kier alpha value is -2.76. The van der Waals surface area contributed by atoms with E-state index < -0.39 is 0 Å². The maximum Gasteiger partial charge on any atom is 0.320 e. The molecular weight excluding hydrogens is 388 g/mol. The Balaban J connectivity index is 2.23. The van der Waals surface area contributed by atoms with Crippen LogP contribution in [0.25, 0.3) is 0 Å². The monoisotopic (exact) mass is 426 g/mol. The first-order valence-corrected chi connectivity index (χ1v) is 11.1. The van der Waals surface area contributed by atoms with E-state index in [0.717, 1.165) is 18.7 Å². The molecule has 0 aliphatic heterocycles. The summed E-state index contributed by atoms with van der Waals surface area (Å²) in [7, 11) is 3.43. The van der Waals surface area contributed by atoms with Crippen LogP contribution in [0.1, 0.15) is 50.9 Å². The van der Waals surface area contributed by atoms with Gasteiger partial charge in [0.15, 0.2) is 0 Å². The highest BCUT2D eigenvalue weighted by Crippen LogP contribution is 2.17. The SMILES string of the molecule is CCC(C)N(Cc1cccn1Cc1ccccc1C)C(=O)CN(C(=O)N(C)C)C(C)C. The summed E-state index contributed by atoms with van der Waals surface area (Å²) >= 11 is 0. The molecule has 2 rings (SSSR count). The molecule has 2 aromatic rings. The molecule has 0 aliphatic carbocycles. The molecule has 1 heterocycles. The van der Waals surface area contributed by atoms with E-state index in [9.17, 15) is 9.59 Å². The van der Waals surface area contributed by atoms with Crippen LogP contribution in [-0.4, -0.2) is 63.9 Å². The fourth-order valence-corrected chi connectivity index (χ4v) is 3.57. The Morgan fingerprint density at radius 1 is 1.00 bits per heavy atom. The molecule has 0 saturated heterocycles. The molecule has 0 spiro atoms. The predicted molar refractivity (Wildman–Crippen MR) is 126 cm³/mol. The normalized spacial score (nSPS) is 12.0. The van der Waals surface area contributed by atoms with Gasteiger partial charge in [-0.15, -0.1) is 0 Å². The molecule has 6 nitrogen and oxygen atoms in total. The summed E-state index contributed by atoms with van der Waals surface area (Å²) in [5.74, 6) is -0.0260. The largest absolute Gasteiger partial charge is 0.345 e. The van der Waals surface area contributed by atoms with Crippen molar-refractivity contribution >= 4 is 11.9 Å². The van der Waals surface area contributed by atoms with Crippen LogP contribution in [0, 0.1) is 6.92 Å². The zero-order valence-corrected chi connectivity index (χ0v) is 20.1. The molecule has 1 atom stereocenters. The third-order valence-corrected chi connectivity index (χ3v) is 5.86. The number of nitrogens with zero attached hydrogens (tertiary/aromatic N) is 4. The van der Waals surface area contributed by atoms with Gasteiger partial charge < -0.3 is 19.3 Å². The number of aryl methyl sites for hydroxylation is 1. The molecule has 0 saturated carbocycles. The number of carbonyl (C=O) groups is 2. The van der Waals surface area contributed by atoms with Gasteiger partial charge in [-0.25, -0.2) is 4.79 Å². The third-order valence-electron chi connectivity index (χ3n) is 5.86. The molecular formula is C25H38N4O2. The van der Waals surface area contributed by atoms with Crippen LogP contribution < -0.4 is 0 Å². The Morgan fingerprint density at radius 3 is 2.26 bits per heavy atom. The smallest absolute Gasteiger partial charge is 0.320 e. The Kier molecular flexibility index (Phi) is 8.72. The van der Waals surface area contributed by atoms with E-state index in [4.69, 9.17) is 0 Å². The van der Waals surface area contributed by atoms with Gasteiger partial charge in [0, 0.05) is 44.6 Å². The molecule has 3 amide bonds. The number of benzene rings is 1. The first kappa shape index (κ1) is 24.5. The lowest BCUT2D eigenvalue weighted by Gasteiger charge is -2.34. The minimum Gasteiger partial charge on any atom is -0.345 e. The molecule has 170 valence electrons. The summed E-state index contributed by atoms with van der Waals surface area (Å²) in [5, 5.41) is 0. The highest BCUT2D eigenvalue weighted by atomic mass is 16.2. The van der Waals surface area contributed by atoms with E-state index in [2.05, 4.69) is 55.8 Å². The highest BCUT2D eigenvalue weighted by Gasteiger charge is 2.27. The van der Waals surface area contributed by atoms with Gasteiger partial charge in [-0.2, -0.15) is 0 Å². The zero-order valence-electron chi connectivity index (χ0n) is 20.1. The van der Waals surface area contributed by atoms with Crippen LogP contribution in [-0.2, 0) is 17.9 Å². The average molecular weight is 427 g/mol. The predicted octanol–water partition coefficient (Wildman–Crippen LogP) is 4.36. The van der Waals surface area contributed by atoms with E-state index in [1.165, 1.54) is 16.0 Å².